The number of aliphatic imine (C=N–C) groups is 1. The van der Waals surface area contributed by atoms with Crippen molar-refractivity contribution in [3.8, 4) is 5.75 Å². The van der Waals surface area contributed by atoms with Gasteiger partial charge in [0.2, 0.25) is 0 Å². The van der Waals surface area contributed by atoms with Crippen LogP contribution in [0.4, 0.5) is 0 Å². The Labute approximate surface area is 160 Å². The van der Waals surface area contributed by atoms with E-state index < -0.39 is 0 Å². The third-order valence-corrected chi connectivity index (χ3v) is 4.72. The third kappa shape index (κ3) is 6.41. The number of aliphatic hydroxyl groups is 1. The SMILES string of the molecule is CN=C(NCCNC(=O)c1cccc(OC)c1)NCC1(CCO)CCOC1. The summed E-state index contributed by atoms with van der Waals surface area (Å²) in [6.07, 6.45) is 1.63. The predicted octanol–water partition coefficient (Wildman–Crippen LogP) is 0.379. The molecule has 1 fully saturated rings. The number of nitrogens with one attached hydrogen (secondary N) is 3. The molecule has 150 valence electrons. The van der Waals surface area contributed by atoms with Gasteiger partial charge in [0.05, 0.1) is 13.7 Å². The first kappa shape index (κ1) is 21.0. The van der Waals surface area contributed by atoms with Gasteiger partial charge in [-0.15, -0.1) is 0 Å². The quantitative estimate of drug-likeness (QED) is 0.281. The smallest absolute Gasteiger partial charge is 0.251 e. The van der Waals surface area contributed by atoms with E-state index in [2.05, 4.69) is 20.9 Å². The third-order valence-electron chi connectivity index (χ3n) is 4.72. The van der Waals surface area contributed by atoms with Crippen LogP contribution in [0.5, 0.6) is 5.75 Å². The van der Waals surface area contributed by atoms with Crippen LogP contribution < -0.4 is 20.7 Å². The highest BCUT2D eigenvalue weighted by molar-refractivity contribution is 5.94. The summed E-state index contributed by atoms with van der Waals surface area (Å²) in [5, 5.41) is 18.6. The molecule has 1 aromatic carbocycles. The van der Waals surface area contributed by atoms with E-state index in [4.69, 9.17) is 9.47 Å². The highest BCUT2D eigenvalue weighted by Gasteiger charge is 2.34. The first-order valence-corrected chi connectivity index (χ1v) is 9.18. The molecule has 27 heavy (non-hydrogen) atoms. The molecular weight excluding hydrogens is 348 g/mol. The number of benzene rings is 1. The van der Waals surface area contributed by atoms with Crippen molar-refractivity contribution in [2.75, 3.05) is 53.6 Å². The van der Waals surface area contributed by atoms with Gasteiger partial charge in [-0.05, 0) is 31.0 Å². The minimum absolute atomic E-state index is 0.0487. The number of hydrogen-bond donors (Lipinski definition) is 4. The zero-order chi connectivity index (χ0) is 19.5. The number of carbonyl (C=O) groups excluding carboxylic acids is 1. The van der Waals surface area contributed by atoms with E-state index in [0.29, 0.717) is 49.9 Å². The fourth-order valence-electron chi connectivity index (χ4n) is 3.03. The van der Waals surface area contributed by atoms with Crippen molar-refractivity contribution in [1.82, 2.24) is 16.0 Å². The van der Waals surface area contributed by atoms with Gasteiger partial charge in [0.1, 0.15) is 5.75 Å². The summed E-state index contributed by atoms with van der Waals surface area (Å²) in [5.41, 5.74) is 0.511. The molecule has 1 aromatic rings. The Balaban J connectivity index is 1.72. The van der Waals surface area contributed by atoms with Crippen LogP contribution in [-0.2, 0) is 4.74 Å². The second-order valence-corrected chi connectivity index (χ2v) is 6.62. The van der Waals surface area contributed by atoms with Crippen LogP contribution in [0, 0.1) is 5.41 Å². The summed E-state index contributed by atoms with van der Waals surface area (Å²) in [7, 11) is 3.27. The van der Waals surface area contributed by atoms with Gasteiger partial charge >= 0.3 is 0 Å². The highest BCUT2D eigenvalue weighted by Crippen LogP contribution is 2.31. The lowest BCUT2D eigenvalue weighted by atomic mass is 9.84. The van der Waals surface area contributed by atoms with Crippen molar-refractivity contribution < 1.29 is 19.4 Å². The Kier molecular flexibility index (Phi) is 8.35. The first-order valence-electron chi connectivity index (χ1n) is 9.18. The number of nitrogens with zero attached hydrogens (tertiary/aromatic N) is 1. The lowest BCUT2D eigenvalue weighted by Crippen LogP contribution is -2.46. The Morgan fingerprint density at radius 2 is 2.15 bits per heavy atom. The summed E-state index contributed by atoms with van der Waals surface area (Å²) in [5.74, 6) is 1.16. The molecule has 0 saturated carbocycles. The zero-order valence-electron chi connectivity index (χ0n) is 16.1. The normalized spacial score (nSPS) is 19.6. The van der Waals surface area contributed by atoms with Crippen molar-refractivity contribution in [2.45, 2.75) is 12.8 Å². The number of ether oxygens (including phenoxy) is 2. The van der Waals surface area contributed by atoms with E-state index in [0.717, 1.165) is 13.0 Å². The van der Waals surface area contributed by atoms with E-state index in [1.807, 2.05) is 0 Å². The topological polar surface area (TPSA) is 104 Å². The molecule has 2 rings (SSSR count). The molecule has 8 nitrogen and oxygen atoms in total. The second-order valence-electron chi connectivity index (χ2n) is 6.62. The zero-order valence-corrected chi connectivity index (χ0v) is 16.1. The summed E-state index contributed by atoms with van der Waals surface area (Å²) in [6.45, 7) is 3.20. The lowest BCUT2D eigenvalue weighted by Gasteiger charge is -2.27. The fourth-order valence-corrected chi connectivity index (χ4v) is 3.03. The molecule has 1 saturated heterocycles. The number of aliphatic hydroxyl groups excluding tert-OH is 1. The van der Waals surface area contributed by atoms with Crippen molar-refractivity contribution in [3.05, 3.63) is 29.8 Å². The average Bonchev–Trinajstić information content (AvgIpc) is 3.16. The number of methoxy groups -OCH3 is 1. The number of hydrogen-bond acceptors (Lipinski definition) is 5. The Bertz CT molecular complexity index is 630. The molecule has 8 heteroatoms. The van der Waals surface area contributed by atoms with Crippen LogP contribution in [0.15, 0.2) is 29.3 Å². The largest absolute Gasteiger partial charge is 0.497 e. The Hall–Kier alpha value is -2.32. The van der Waals surface area contributed by atoms with Crippen molar-refractivity contribution >= 4 is 11.9 Å². The molecule has 0 spiro atoms. The maximum atomic E-state index is 12.2. The van der Waals surface area contributed by atoms with E-state index in [9.17, 15) is 9.90 Å². The molecule has 0 aliphatic carbocycles. The Morgan fingerprint density at radius 1 is 1.33 bits per heavy atom. The summed E-state index contributed by atoms with van der Waals surface area (Å²) in [6, 6.07) is 7.03. The predicted molar refractivity (Wildman–Crippen MR) is 104 cm³/mol. The first-order chi connectivity index (χ1) is 13.1. The van der Waals surface area contributed by atoms with Crippen LogP contribution in [0.25, 0.3) is 0 Å². The standard InChI is InChI=1S/C19H30N4O4/c1-20-18(23-13-19(6-10-24)7-11-27-14-19)22-9-8-21-17(25)15-4-3-5-16(12-15)26-2/h3-5,12,24H,6-11,13-14H2,1-2H3,(H,21,25)(H2,20,22,23). The van der Waals surface area contributed by atoms with Crippen LogP contribution in [-0.4, -0.2) is 70.6 Å². The minimum Gasteiger partial charge on any atom is -0.497 e. The van der Waals surface area contributed by atoms with Gasteiger partial charge in [-0.2, -0.15) is 0 Å². The van der Waals surface area contributed by atoms with Crippen molar-refractivity contribution in [1.29, 1.82) is 0 Å². The number of amides is 1. The number of rotatable bonds is 9. The van der Waals surface area contributed by atoms with E-state index in [1.165, 1.54) is 0 Å². The lowest BCUT2D eigenvalue weighted by molar-refractivity contribution is 0.0954. The monoisotopic (exact) mass is 378 g/mol. The van der Waals surface area contributed by atoms with Crippen LogP contribution in [0.2, 0.25) is 0 Å². The van der Waals surface area contributed by atoms with E-state index in [-0.39, 0.29) is 17.9 Å². The van der Waals surface area contributed by atoms with Gasteiger partial charge in [0.25, 0.3) is 5.91 Å². The fraction of sp³-hybridized carbons (Fsp3) is 0.579. The van der Waals surface area contributed by atoms with Crippen molar-refractivity contribution in [3.63, 3.8) is 0 Å². The van der Waals surface area contributed by atoms with Crippen LogP contribution in [0.3, 0.4) is 0 Å². The molecule has 1 atom stereocenters. The Morgan fingerprint density at radius 3 is 2.81 bits per heavy atom. The summed E-state index contributed by atoms with van der Waals surface area (Å²) < 4.78 is 10.6. The maximum absolute atomic E-state index is 12.2. The van der Waals surface area contributed by atoms with E-state index in [1.54, 1.807) is 38.4 Å². The maximum Gasteiger partial charge on any atom is 0.251 e. The molecule has 1 heterocycles. The van der Waals surface area contributed by atoms with Gasteiger partial charge in [-0.25, -0.2) is 0 Å². The van der Waals surface area contributed by atoms with Gasteiger partial charge in [-0.1, -0.05) is 6.07 Å². The molecule has 0 aromatic heterocycles. The van der Waals surface area contributed by atoms with Crippen molar-refractivity contribution in [2.24, 2.45) is 10.4 Å². The summed E-state index contributed by atoms with van der Waals surface area (Å²) >= 11 is 0. The van der Waals surface area contributed by atoms with Gasteiger partial charge < -0.3 is 30.5 Å². The molecule has 0 bridgehead atoms. The minimum atomic E-state index is -0.149. The second kappa shape index (κ2) is 10.7. The average molecular weight is 378 g/mol. The molecule has 1 aliphatic heterocycles. The van der Waals surface area contributed by atoms with Gasteiger partial charge in [0.15, 0.2) is 5.96 Å². The van der Waals surface area contributed by atoms with Crippen LogP contribution in [0.1, 0.15) is 23.2 Å². The van der Waals surface area contributed by atoms with Gasteiger partial charge in [0, 0.05) is 50.9 Å². The number of carbonyl (C=O) groups is 1. The highest BCUT2D eigenvalue weighted by atomic mass is 16.5. The molecule has 4 N–H and O–H groups in total. The van der Waals surface area contributed by atoms with E-state index >= 15 is 0 Å². The molecule has 1 amide bonds. The molecule has 1 unspecified atom stereocenters. The molecular formula is C19H30N4O4. The molecule has 1 aliphatic rings. The van der Waals surface area contributed by atoms with Gasteiger partial charge in [-0.3, -0.25) is 9.79 Å². The number of guanidine groups is 1. The summed E-state index contributed by atoms with van der Waals surface area (Å²) in [4.78, 5) is 16.4. The van der Waals surface area contributed by atoms with Crippen LogP contribution >= 0.6 is 0 Å². The molecule has 0 radical (unpaired) electrons.